The van der Waals surface area contributed by atoms with Crippen molar-refractivity contribution in [1.82, 2.24) is 0 Å². The van der Waals surface area contributed by atoms with Crippen LogP contribution in [0.4, 0.5) is 0 Å². The van der Waals surface area contributed by atoms with Crippen molar-refractivity contribution in [3.8, 4) is 0 Å². The highest BCUT2D eigenvalue weighted by Crippen LogP contribution is 2.25. The summed E-state index contributed by atoms with van der Waals surface area (Å²) in [5.41, 5.74) is 6.99. The van der Waals surface area contributed by atoms with Gasteiger partial charge in [-0.25, -0.2) is 0 Å². The second-order valence-electron chi connectivity index (χ2n) is 4.42. The van der Waals surface area contributed by atoms with Crippen LogP contribution in [0.15, 0.2) is 34.7 Å². The van der Waals surface area contributed by atoms with E-state index in [0.717, 1.165) is 23.2 Å². The Kier molecular flexibility index (Phi) is 2.78. The SMILES string of the molecule is CC(C)C[C@@H](N)c1cc2ccccc2o1. The topological polar surface area (TPSA) is 39.2 Å². The van der Waals surface area contributed by atoms with Crippen molar-refractivity contribution in [1.29, 1.82) is 0 Å². The normalized spacial score (nSPS) is 13.6. The first kappa shape index (κ1) is 10.2. The van der Waals surface area contributed by atoms with Crippen LogP contribution < -0.4 is 5.73 Å². The molecule has 2 heteroatoms. The van der Waals surface area contributed by atoms with Crippen LogP contribution in [0.3, 0.4) is 0 Å². The van der Waals surface area contributed by atoms with Crippen molar-refractivity contribution in [3.05, 3.63) is 36.1 Å². The van der Waals surface area contributed by atoms with Crippen LogP contribution in [-0.4, -0.2) is 0 Å². The number of benzene rings is 1. The lowest BCUT2D eigenvalue weighted by atomic mass is 10.0. The molecule has 0 aliphatic rings. The maximum absolute atomic E-state index is 6.07. The molecule has 0 aliphatic carbocycles. The summed E-state index contributed by atoms with van der Waals surface area (Å²) in [7, 11) is 0. The van der Waals surface area contributed by atoms with E-state index >= 15 is 0 Å². The summed E-state index contributed by atoms with van der Waals surface area (Å²) in [6.45, 7) is 4.34. The van der Waals surface area contributed by atoms with Gasteiger partial charge in [0.2, 0.25) is 0 Å². The number of furan rings is 1. The fourth-order valence-corrected chi connectivity index (χ4v) is 1.81. The third kappa shape index (κ3) is 2.21. The van der Waals surface area contributed by atoms with Crippen molar-refractivity contribution < 1.29 is 4.42 Å². The molecular weight excluding hydrogens is 186 g/mol. The first-order valence-corrected chi connectivity index (χ1v) is 5.41. The summed E-state index contributed by atoms with van der Waals surface area (Å²) >= 11 is 0. The zero-order chi connectivity index (χ0) is 10.8. The highest BCUT2D eigenvalue weighted by atomic mass is 16.3. The van der Waals surface area contributed by atoms with Crippen LogP contribution in [0.25, 0.3) is 11.0 Å². The zero-order valence-corrected chi connectivity index (χ0v) is 9.23. The van der Waals surface area contributed by atoms with E-state index in [9.17, 15) is 0 Å². The molecule has 0 radical (unpaired) electrons. The van der Waals surface area contributed by atoms with E-state index < -0.39 is 0 Å². The average Bonchev–Trinajstić information content (AvgIpc) is 2.59. The monoisotopic (exact) mass is 203 g/mol. The molecule has 0 saturated carbocycles. The van der Waals surface area contributed by atoms with E-state index in [-0.39, 0.29) is 6.04 Å². The minimum Gasteiger partial charge on any atom is -0.459 e. The van der Waals surface area contributed by atoms with E-state index in [4.69, 9.17) is 10.2 Å². The Morgan fingerprint density at radius 3 is 2.67 bits per heavy atom. The third-order valence-corrected chi connectivity index (χ3v) is 2.54. The van der Waals surface area contributed by atoms with Gasteiger partial charge in [-0.15, -0.1) is 0 Å². The second-order valence-corrected chi connectivity index (χ2v) is 4.42. The molecule has 1 aromatic carbocycles. The lowest BCUT2D eigenvalue weighted by Gasteiger charge is -2.10. The Morgan fingerprint density at radius 2 is 2.00 bits per heavy atom. The number of hydrogen-bond donors (Lipinski definition) is 1. The van der Waals surface area contributed by atoms with Crippen LogP contribution in [0, 0.1) is 5.92 Å². The molecule has 1 aromatic heterocycles. The minimum absolute atomic E-state index is 0.0115. The van der Waals surface area contributed by atoms with Gasteiger partial charge >= 0.3 is 0 Å². The largest absolute Gasteiger partial charge is 0.459 e. The fourth-order valence-electron chi connectivity index (χ4n) is 1.81. The van der Waals surface area contributed by atoms with E-state index in [0.29, 0.717) is 5.92 Å². The predicted octanol–water partition coefficient (Wildman–Crippen LogP) is 3.48. The number of fused-ring (bicyclic) bond motifs is 1. The van der Waals surface area contributed by atoms with Gasteiger partial charge in [0.15, 0.2) is 0 Å². The number of nitrogens with two attached hydrogens (primary N) is 1. The zero-order valence-electron chi connectivity index (χ0n) is 9.23. The lowest BCUT2D eigenvalue weighted by Crippen LogP contribution is -2.11. The van der Waals surface area contributed by atoms with Crippen molar-refractivity contribution in [2.75, 3.05) is 0 Å². The van der Waals surface area contributed by atoms with Gasteiger partial charge in [-0.05, 0) is 24.5 Å². The summed E-state index contributed by atoms with van der Waals surface area (Å²) in [5, 5.41) is 1.13. The van der Waals surface area contributed by atoms with Crippen molar-refractivity contribution in [3.63, 3.8) is 0 Å². The summed E-state index contributed by atoms with van der Waals surface area (Å²) in [6.07, 6.45) is 0.958. The van der Waals surface area contributed by atoms with Gasteiger partial charge < -0.3 is 10.2 Å². The number of para-hydroxylation sites is 1. The smallest absolute Gasteiger partial charge is 0.134 e. The Bertz CT molecular complexity index is 411. The maximum atomic E-state index is 6.07. The fraction of sp³-hybridized carbons (Fsp3) is 0.385. The second kappa shape index (κ2) is 4.07. The molecule has 0 amide bonds. The maximum Gasteiger partial charge on any atom is 0.134 e. The van der Waals surface area contributed by atoms with E-state index in [1.807, 2.05) is 30.3 Å². The molecule has 0 bridgehead atoms. The molecule has 2 rings (SSSR count). The first-order valence-electron chi connectivity index (χ1n) is 5.41. The summed E-state index contributed by atoms with van der Waals surface area (Å²) in [4.78, 5) is 0. The van der Waals surface area contributed by atoms with Gasteiger partial charge in [0.05, 0.1) is 6.04 Å². The van der Waals surface area contributed by atoms with Gasteiger partial charge in [-0.2, -0.15) is 0 Å². The van der Waals surface area contributed by atoms with Gasteiger partial charge in [0.1, 0.15) is 11.3 Å². The molecule has 0 spiro atoms. The predicted molar refractivity (Wildman–Crippen MR) is 62.6 cm³/mol. The van der Waals surface area contributed by atoms with Crippen LogP contribution >= 0.6 is 0 Å². The molecular formula is C13H17NO. The molecule has 1 heterocycles. The van der Waals surface area contributed by atoms with Crippen molar-refractivity contribution in [2.24, 2.45) is 11.7 Å². The van der Waals surface area contributed by atoms with Crippen molar-refractivity contribution in [2.45, 2.75) is 26.3 Å². The first-order chi connectivity index (χ1) is 7.16. The van der Waals surface area contributed by atoms with E-state index in [2.05, 4.69) is 13.8 Å². The van der Waals surface area contributed by atoms with Crippen LogP contribution in [0.5, 0.6) is 0 Å². The molecule has 0 saturated heterocycles. The molecule has 15 heavy (non-hydrogen) atoms. The summed E-state index contributed by atoms with van der Waals surface area (Å²) in [6, 6.07) is 10.1. The van der Waals surface area contributed by atoms with Gasteiger partial charge in [0, 0.05) is 5.39 Å². The molecule has 2 aromatic rings. The quantitative estimate of drug-likeness (QED) is 0.829. The van der Waals surface area contributed by atoms with Crippen LogP contribution in [0.1, 0.15) is 32.1 Å². The minimum atomic E-state index is 0.0115. The third-order valence-electron chi connectivity index (χ3n) is 2.54. The molecule has 1 atom stereocenters. The Labute approximate surface area is 90.1 Å². The molecule has 0 fully saturated rings. The number of hydrogen-bond acceptors (Lipinski definition) is 2. The Hall–Kier alpha value is -1.28. The summed E-state index contributed by atoms with van der Waals surface area (Å²) in [5.74, 6) is 1.48. The average molecular weight is 203 g/mol. The Morgan fingerprint density at radius 1 is 1.27 bits per heavy atom. The molecule has 80 valence electrons. The number of rotatable bonds is 3. The lowest BCUT2D eigenvalue weighted by molar-refractivity contribution is 0.431. The molecule has 0 aliphatic heterocycles. The van der Waals surface area contributed by atoms with Crippen LogP contribution in [0.2, 0.25) is 0 Å². The van der Waals surface area contributed by atoms with Gasteiger partial charge in [0.25, 0.3) is 0 Å². The standard InChI is InChI=1S/C13H17NO/c1-9(2)7-11(14)13-8-10-5-3-4-6-12(10)15-13/h3-6,8-9,11H,7,14H2,1-2H3/t11-/m1/s1. The van der Waals surface area contributed by atoms with E-state index in [1.165, 1.54) is 0 Å². The highest BCUT2D eigenvalue weighted by Gasteiger charge is 2.12. The van der Waals surface area contributed by atoms with Gasteiger partial charge in [-0.3, -0.25) is 0 Å². The van der Waals surface area contributed by atoms with E-state index in [1.54, 1.807) is 0 Å². The van der Waals surface area contributed by atoms with Crippen molar-refractivity contribution >= 4 is 11.0 Å². The molecule has 2 nitrogen and oxygen atoms in total. The summed E-state index contributed by atoms with van der Waals surface area (Å²) < 4.78 is 5.71. The van der Waals surface area contributed by atoms with Crippen LogP contribution in [-0.2, 0) is 0 Å². The molecule has 0 unspecified atom stereocenters. The highest BCUT2D eigenvalue weighted by molar-refractivity contribution is 5.77. The van der Waals surface area contributed by atoms with Gasteiger partial charge in [-0.1, -0.05) is 32.0 Å². The Balaban J connectivity index is 2.28. The molecule has 2 N–H and O–H groups in total.